The number of aromatic amines is 1. The minimum absolute atomic E-state index is 0.0364. The predicted molar refractivity (Wildman–Crippen MR) is 114 cm³/mol. The van der Waals surface area contributed by atoms with Crippen LogP contribution in [-0.4, -0.2) is 30.5 Å². The Bertz CT molecular complexity index is 1330. The van der Waals surface area contributed by atoms with Crippen LogP contribution in [0.4, 0.5) is 0 Å². The SMILES string of the molecule is Cn1ncc2c(SC(C(=O)c3c[nH]c4ccccc34)c3ccccc3)ncnc21. The molecule has 2 aromatic carbocycles. The second kappa shape index (κ2) is 7.18. The molecule has 29 heavy (non-hydrogen) atoms. The summed E-state index contributed by atoms with van der Waals surface area (Å²) in [7, 11) is 1.84. The fourth-order valence-electron chi connectivity index (χ4n) is 3.46. The third-order valence-corrected chi connectivity index (χ3v) is 6.19. The molecule has 1 unspecified atom stereocenters. The summed E-state index contributed by atoms with van der Waals surface area (Å²) in [5.74, 6) is 0.0364. The Hall–Kier alpha value is -3.45. The van der Waals surface area contributed by atoms with Gasteiger partial charge in [-0.3, -0.25) is 9.48 Å². The summed E-state index contributed by atoms with van der Waals surface area (Å²) in [5, 5.41) is 6.35. The van der Waals surface area contributed by atoms with E-state index in [0.717, 1.165) is 32.5 Å². The zero-order valence-electron chi connectivity index (χ0n) is 15.6. The number of hydrogen-bond donors (Lipinski definition) is 1. The molecule has 3 heterocycles. The van der Waals surface area contributed by atoms with Crippen LogP contribution in [0.5, 0.6) is 0 Å². The highest BCUT2D eigenvalue weighted by Gasteiger charge is 2.27. The van der Waals surface area contributed by atoms with Gasteiger partial charge in [0.1, 0.15) is 11.4 Å². The van der Waals surface area contributed by atoms with E-state index in [1.54, 1.807) is 17.1 Å². The van der Waals surface area contributed by atoms with Crippen LogP contribution >= 0.6 is 11.8 Å². The summed E-state index contributed by atoms with van der Waals surface area (Å²) in [4.78, 5) is 25.6. The van der Waals surface area contributed by atoms with Gasteiger partial charge in [0.15, 0.2) is 11.4 Å². The number of rotatable bonds is 5. The third-order valence-electron chi connectivity index (χ3n) is 4.92. The predicted octanol–water partition coefficient (Wildman–Crippen LogP) is 4.56. The largest absolute Gasteiger partial charge is 0.360 e. The van der Waals surface area contributed by atoms with Crippen LogP contribution in [0.1, 0.15) is 21.2 Å². The van der Waals surface area contributed by atoms with E-state index in [9.17, 15) is 4.79 Å². The van der Waals surface area contributed by atoms with E-state index < -0.39 is 5.25 Å². The highest BCUT2D eigenvalue weighted by Crippen LogP contribution is 2.40. The third kappa shape index (κ3) is 3.09. The van der Waals surface area contributed by atoms with Gasteiger partial charge < -0.3 is 4.98 Å². The van der Waals surface area contributed by atoms with Crippen LogP contribution < -0.4 is 0 Å². The van der Waals surface area contributed by atoms with Crippen molar-refractivity contribution in [2.45, 2.75) is 10.3 Å². The zero-order valence-corrected chi connectivity index (χ0v) is 16.4. The summed E-state index contributed by atoms with van der Waals surface area (Å²) < 4.78 is 1.71. The van der Waals surface area contributed by atoms with Crippen molar-refractivity contribution in [3.8, 4) is 0 Å². The van der Waals surface area contributed by atoms with Crippen LogP contribution in [0.2, 0.25) is 0 Å². The van der Waals surface area contributed by atoms with Gasteiger partial charge in [0.2, 0.25) is 0 Å². The fraction of sp³-hybridized carbons (Fsp3) is 0.0909. The van der Waals surface area contributed by atoms with Crippen molar-refractivity contribution in [1.82, 2.24) is 24.7 Å². The van der Waals surface area contributed by atoms with Gasteiger partial charge in [-0.05, 0) is 11.6 Å². The number of thioether (sulfide) groups is 1. The number of carbonyl (C=O) groups is 1. The lowest BCUT2D eigenvalue weighted by molar-refractivity contribution is 0.0991. The van der Waals surface area contributed by atoms with Gasteiger partial charge in [0.05, 0.1) is 16.8 Å². The number of aromatic nitrogens is 5. The molecule has 1 atom stereocenters. The second-order valence-electron chi connectivity index (χ2n) is 6.71. The van der Waals surface area contributed by atoms with Gasteiger partial charge in [-0.15, -0.1) is 0 Å². The van der Waals surface area contributed by atoms with Crippen LogP contribution in [-0.2, 0) is 7.05 Å². The minimum Gasteiger partial charge on any atom is -0.360 e. The lowest BCUT2D eigenvalue weighted by Crippen LogP contribution is -2.10. The van der Waals surface area contributed by atoms with Crippen LogP contribution in [0.3, 0.4) is 0 Å². The Morgan fingerprint density at radius 3 is 2.69 bits per heavy atom. The molecule has 0 aliphatic carbocycles. The molecule has 5 aromatic rings. The molecule has 0 radical (unpaired) electrons. The molecule has 7 heteroatoms. The number of nitrogens with one attached hydrogen (secondary N) is 1. The van der Waals surface area contributed by atoms with E-state index in [4.69, 9.17) is 0 Å². The summed E-state index contributed by atoms with van der Waals surface area (Å²) >= 11 is 1.43. The van der Waals surface area contributed by atoms with Gasteiger partial charge in [0, 0.05) is 29.7 Å². The number of aryl methyl sites for hydroxylation is 1. The maximum atomic E-state index is 13.7. The Morgan fingerprint density at radius 1 is 1.03 bits per heavy atom. The number of nitrogens with zero attached hydrogens (tertiary/aromatic N) is 4. The molecule has 0 amide bonds. The maximum Gasteiger partial charge on any atom is 0.182 e. The number of Topliss-reactive ketones (excluding diaryl/α,β-unsaturated/α-hetero) is 1. The summed E-state index contributed by atoms with van der Waals surface area (Å²) in [6.45, 7) is 0. The van der Waals surface area contributed by atoms with E-state index in [2.05, 4.69) is 20.1 Å². The molecule has 0 aliphatic rings. The molecule has 3 aromatic heterocycles. The second-order valence-corrected chi connectivity index (χ2v) is 7.80. The van der Waals surface area contributed by atoms with Crippen molar-refractivity contribution in [2.24, 2.45) is 7.05 Å². The first-order valence-electron chi connectivity index (χ1n) is 9.17. The van der Waals surface area contributed by atoms with Crippen LogP contribution in [0, 0.1) is 0 Å². The number of benzene rings is 2. The van der Waals surface area contributed by atoms with Crippen molar-refractivity contribution in [3.63, 3.8) is 0 Å². The zero-order chi connectivity index (χ0) is 19.8. The molecule has 0 fully saturated rings. The van der Waals surface area contributed by atoms with Crippen LogP contribution in [0.25, 0.3) is 21.9 Å². The Kier molecular flexibility index (Phi) is 4.37. The average Bonchev–Trinajstić information content (AvgIpc) is 3.37. The monoisotopic (exact) mass is 399 g/mol. The Balaban J connectivity index is 1.61. The van der Waals surface area contributed by atoms with Gasteiger partial charge in [-0.25, -0.2) is 9.97 Å². The molecular formula is C22H17N5OS. The number of fused-ring (bicyclic) bond motifs is 2. The van der Waals surface area contributed by atoms with E-state index in [-0.39, 0.29) is 5.78 Å². The van der Waals surface area contributed by atoms with Gasteiger partial charge >= 0.3 is 0 Å². The number of hydrogen-bond acceptors (Lipinski definition) is 5. The molecule has 0 bridgehead atoms. The van der Waals surface area contributed by atoms with Gasteiger partial charge in [-0.1, -0.05) is 60.3 Å². The van der Waals surface area contributed by atoms with E-state index in [0.29, 0.717) is 5.56 Å². The molecular weight excluding hydrogens is 382 g/mol. The lowest BCUT2D eigenvalue weighted by atomic mass is 10.0. The number of para-hydroxylation sites is 1. The van der Waals surface area contributed by atoms with Crippen molar-refractivity contribution in [3.05, 3.63) is 84.4 Å². The standard InChI is InChI=1S/C22H17N5OS/c1-27-21-17(12-26-27)22(25-13-24-21)29-20(14-7-3-2-4-8-14)19(28)16-11-23-18-10-6-5-9-15(16)18/h2-13,20,23H,1H3. The summed E-state index contributed by atoms with van der Waals surface area (Å²) in [6.07, 6.45) is 5.06. The van der Waals surface area contributed by atoms with Gasteiger partial charge in [-0.2, -0.15) is 5.10 Å². The molecule has 0 spiro atoms. The van der Waals surface area contributed by atoms with E-state index >= 15 is 0 Å². The average molecular weight is 399 g/mol. The summed E-state index contributed by atoms with van der Waals surface area (Å²) in [6, 6.07) is 17.6. The first-order valence-corrected chi connectivity index (χ1v) is 10.0. The van der Waals surface area contributed by atoms with Gasteiger partial charge in [0.25, 0.3) is 0 Å². The Labute approximate surface area is 171 Å². The van der Waals surface area contributed by atoms with Crippen molar-refractivity contribution >= 4 is 39.5 Å². The first-order chi connectivity index (χ1) is 14.2. The molecule has 0 saturated heterocycles. The minimum atomic E-state index is -0.436. The number of ketones is 1. The Morgan fingerprint density at radius 2 is 1.83 bits per heavy atom. The van der Waals surface area contributed by atoms with Crippen molar-refractivity contribution < 1.29 is 4.79 Å². The molecule has 0 aliphatic heterocycles. The highest BCUT2D eigenvalue weighted by atomic mass is 32.2. The smallest absolute Gasteiger partial charge is 0.182 e. The fourth-order valence-corrected chi connectivity index (χ4v) is 4.59. The normalized spacial score (nSPS) is 12.4. The lowest BCUT2D eigenvalue weighted by Gasteiger charge is -2.15. The first kappa shape index (κ1) is 17.6. The molecule has 5 rings (SSSR count). The summed E-state index contributed by atoms with van der Waals surface area (Å²) in [5.41, 5.74) is 3.31. The molecule has 142 valence electrons. The van der Waals surface area contributed by atoms with E-state index in [1.807, 2.05) is 61.6 Å². The maximum absolute atomic E-state index is 13.7. The number of H-pyrrole nitrogens is 1. The van der Waals surface area contributed by atoms with Crippen molar-refractivity contribution in [1.29, 1.82) is 0 Å². The quantitative estimate of drug-likeness (QED) is 0.266. The van der Waals surface area contributed by atoms with Crippen LogP contribution in [0.15, 0.2) is 78.3 Å². The highest BCUT2D eigenvalue weighted by molar-refractivity contribution is 8.00. The topological polar surface area (TPSA) is 76.5 Å². The molecule has 0 saturated carbocycles. The van der Waals surface area contributed by atoms with Crippen molar-refractivity contribution in [2.75, 3.05) is 0 Å². The molecule has 6 nitrogen and oxygen atoms in total. The molecule has 1 N–H and O–H groups in total. The van der Waals surface area contributed by atoms with E-state index in [1.165, 1.54) is 18.1 Å². The number of carbonyl (C=O) groups excluding carboxylic acids is 1.